The number of ether oxygens (including phenoxy) is 1. The van der Waals surface area contributed by atoms with E-state index in [0.29, 0.717) is 5.75 Å². The number of benzene rings is 2. The Balaban J connectivity index is 0.00000167. The van der Waals surface area contributed by atoms with Crippen LogP contribution >= 0.6 is 11.3 Å². The van der Waals surface area contributed by atoms with Gasteiger partial charge in [-0.2, -0.15) is 13.2 Å². The zero-order valence-corrected chi connectivity index (χ0v) is 21.0. The Labute approximate surface area is 208 Å². The van der Waals surface area contributed by atoms with E-state index in [4.69, 9.17) is 14.9 Å². The summed E-state index contributed by atoms with van der Waals surface area (Å²) in [6, 6.07) is 11.2. The minimum atomic E-state index is -4.33. The molecule has 190 valence electrons. The molecule has 0 saturated carbocycles. The first-order chi connectivity index (χ1) is 16.7. The van der Waals surface area contributed by atoms with Gasteiger partial charge in [-0.1, -0.05) is 32.0 Å². The van der Waals surface area contributed by atoms with E-state index in [9.17, 15) is 13.2 Å². The molecular formula is C27H32F3NO3S. The number of aliphatic hydroxyl groups is 2. The van der Waals surface area contributed by atoms with Gasteiger partial charge in [0.1, 0.15) is 12.4 Å². The predicted octanol–water partition coefficient (Wildman–Crippen LogP) is 6.06. The number of fused-ring (bicyclic) bond motifs is 1. The molecule has 0 radical (unpaired) electrons. The van der Waals surface area contributed by atoms with Crippen molar-refractivity contribution in [2.75, 3.05) is 19.7 Å². The Morgan fingerprint density at radius 3 is 2.29 bits per heavy atom. The summed E-state index contributed by atoms with van der Waals surface area (Å²) in [6.07, 6.45) is -4.05. The molecule has 2 N–H and O–H groups in total. The van der Waals surface area contributed by atoms with Crippen LogP contribution in [0.5, 0.6) is 5.75 Å². The zero-order valence-electron chi connectivity index (χ0n) is 20.2. The molecule has 4 nitrogen and oxygen atoms in total. The lowest BCUT2D eigenvalue weighted by Crippen LogP contribution is -2.25. The SMILES string of the molecule is CC.Cc1c(-c2ccc(C(F)(F)F)cc2)csc1CN1CCc2ccc(OCC(O)O)cc2CC1. The summed E-state index contributed by atoms with van der Waals surface area (Å²) >= 11 is 1.65. The molecule has 1 aliphatic rings. The highest BCUT2D eigenvalue weighted by atomic mass is 32.1. The predicted molar refractivity (Wildman–Crippen MR) is 134 cm³/mol. The fraction of sp³-hybridized carbons (Fsp3) is 0.407. The fourth-order valence-electron chi connectivity index (χ4n) is 4.11. The number of nitrogens with zero attached hydrogens (tertiary/aromatic N) is 1. The Morgan fingerprint density at radius 1 is 1.00 bits per heavy atom. The molecule has 1 aliphatic heterocycles. The normalized spacial score (nSPS) is 14.2. The first-order valence-electron chi connectivity index (χ1n) is 11.8. The van der Waals surface area contributed by atoms with Crippen LogP contribution in [0.25, 0.3) is 11.1 Å². The molecule has 2 aromatic carbocycles. The maximum Gasteiger partial charge on any atom is 0.416 e. The van der Waals surface area contributed by atoms with Crippen molar-refractivity contribution in [1.82, 2.24) is 4.90 Å². The lowest BCUT2D eigenvalue weighted by Gasteiger charge is -2.19. The zero-order chi connectivity index (χ0) is 25.6. The second-order valence-electron chi connectivity index (χ2n) is 8.27. The smallest absolute Gasteiger partial charge is 0.416 e. The Morgan fingerprint density at radius 2 is 1.66 bits per heavy atom. The maximum atomic E-state index is 12.9. The van der Waals surface area contributed by atoms with E-state index in [1.54, 1.807) is 23.5 Å². The molecule has 0 saturated heterocycles. The monoisotopic (exact) mass is 507 g/mol. The van der Waals surface area contributed by atoms with Gasteiger partial charge in [-0.15, -0.1) is 11.3 Å². The number of hydrogen-bond acceptors (Lipinski definition) is 5. The summed E-state index contributed by atoms with van der Waals surface area (Å²) in [4.78, 5) is 3.62. The van der Waals surface area contributed by atoms with E-state index < -0.39 is 18.0 Å². The maximum absolute atomic E-state index is 12.9. The van der Waals surface area contributed by atoms with Gasteiger partial charge in [-0.25, -0.2) is 0 Å². The van der Waals surface area contributed by atoms with Crippen molar-refractivity contribution in [3.05, 3.63) is 75.0 Å². The third kappa shape index (κ3) is 7.07. The molecule has 0 spiro atoms. The molecular weight excluding hydrogens is 475 g/mol. The number of thiophene rings is 1. The van der Waals surface area contributed by atoms with Crippen LogP contribution in [-0.4, -0.2) is 41.1 Å². The van der Waals surface area contributed by atoms with Crippen molar-refractivity contribution in [3.8, 4) is 16.9 Å². The highest BCUT2D eigenvalue weighted by Crippen LogP contribution is 2.35. The lowest BCUT2D eigenvalue weighted by molar-refractivity contribution is -0.137. The molecule has 0 fully saturated rings. The average Bonchev–Trinajstić information content (AvgIpc) is 3.07. The van der Waals surface area contributed by atoms with Crippen LogP contribution in [0.1, 0.15) is 41.0 Å². The molecule has 0 aliphatic carbocycles. The quantitative estimate of drug-likeness (QED) is 0.399. The minimum absolute atomic E-state index is 0.163. The van der Waals surface area contributed by atoms with Gasteiger partial charge < -0.3 is 14.9 Å². The largest absolute Gasteiger partial charge is 0.488 e. The molecule has 0 unspecified atom stereocenters. The van der Waals surface area contributed by atoms with Gasteiger partial charge in [0.05, 0.1) is 5.56 Å². The van der Waals surface area contributed by atoms with Gasteiger partial charge >= 0.3 is 6.18 Å². The number of alkyl halides is 3. The summed E-state index contributed by atoms with van der Waals surface area (Å²) < 4.78 is 44.0. The first kappa shape index (κ1) is 27.2. The van der Waals surface area contributed by atoms with Gasteiger partial charge in [0.25, 0.3) is 0 Å². The summed E-state index contributed by atoms with van der Waals surface area (Å²) in [5.74, 6) is 0.630. The molecule has 2 heterocycles. The standard InChI is InChI=1S/C25H26F3NO3S.C2H6/c1-16-22(18-2-5-20(6-3-18)25(26,27)28)15-33-23(16)13-29-10-8-17-4-7-21(32-14-24(30)31)12-19(17)9-11-29;1-2/h2-7,12,15,24,30-31H,8-11,13-14H2,1H3;1-2H3. The topological polar surface area (TPSA) is 52.9 Å². The number of aliphatic hydroxyl groups excluding tert-OH is 1. The van der Waals surface area contributed by atoms with Crippen LogP contribution < -0.4 is 4.74 Å². The van der Waals surface area contributed by atoms with Crippen molar-refractivity contribution in [2.24, 2.45) is 0 Å². The minimum Gasteiger partial charge on any atom is -0.488 e. The average molecular weight is 508 g/mol. The summed E-state index contributed by atoms with van der Waals surface area (Å²) in [5.41, 5.74) is 4.73. The van der Waals surface area contributed by atoms with E-state index in [1.165, 1.54) is 16.0 Å². The van der Waals surface area contributed by atoms with Gasteiger partial charge in [-0.3, -0.25) is 4.90 Å². The summed E-state index contributed by atoms with van der Waals surface area (Å²) in [6.45, 7) is 8.46. The second-order valence-corrected chi connectivity index (χ2v) is 9.24. The van der Waals surface area contributed by atoms with Crippen molar-refractivity contribution in [1.29, 1.82) is 0 Å². The van der Waals surface area contributed by atoms with Crippen LogP contribution in [0.15, 0.2) is 47.8 Å². The molecule has 3 aromatic rings. The van der Waals surface area contributed by atoms with Gasteiger partial charge in [0.2, 0.25) is 0 Å². The first-order valence-corrected chi connectivity index (χ1v) is 12.7. The van der Waals surface area contributed by atoms with Crippen molar-refractivity contribution >= 4 is 11.3 Å². The highest BCUT2D eigenvalue weighted by molar-refractivity contribution is 7.10. The van der Waals surface area contributed by atoms with E-state index in [1.807, 2.05) is 44.4 Å². The number of halogens is 3. The molecule has 1 aromatic heterocycles. The summed E-state index contributed by atoms with van der Waals surface area (Å²) in [7, 11) is 0. The third-order valence-electron chi connectivity index (χ3n) is 6.00. The fourth-order valence-corrected chi connectivity index (χ4v) is 5.22. The molecule has 0 amide bonds. The van der Waals surface area contributed by atoms with E-state index in [2.05, 4.69) is 4.90 Å². The van der Waals surface area contributed by atoms with Gasteiger partial charge in [0, 0.05) is 24.5 Å². The Kier molecular flexibility index (Phi) is 9.35. The Bertz CT molecular complexity index is 1090. The van der Waals surface area contributed by atoms with Crippen LogP contribution in [-0.2, 0) is 25.6 Å². The molecule has 8 heteroatoms. The van der Waals surface area contributed by atoms with Crippen molar-refractivity contribution in [2.45, 2.75) is 52.6 Å². The molecule has 4 rings (SSSR count). The van der Waals surface area contributed by atoms with E-state index in [0.717, 1.165) is 61.3 Å². The van der Waals surface area contributed by atoms with Gasteiger partial charge in [0.15, 0.2) is 6.29 Å². The Hall–Kier alpha value is -2.39. The van der Waals surface area contributed by atoms with Crippen LogP contribution in [0.4, 0.5) is 13.2 Å². The second kappa shape index (κ2) is 12.0. The number of hydrogen-bond donors (Lipinski definition) is 2. The third-order valence-corrected chi connectivity index (χ3v) is 7.08. The van der Waals surface area contributed by atoms with E-state index >= 15 is 0 Å². The molecule has 0 bridgehead atoms. The molecule has 35 heavy (non-hydrogen) atoms. The van der Waals surface area contributed by atoms with Crippen LogP contribution in [0, 0.1) is 6.92 Å². The van der Waals surface area contributed by atoms with Gasteiger partial charge in [-0.05, 0) is 77.2 Å². The summed E-state index contributed by atoms with van der Waals surface area (Å²) in [5, 5.41) is 20.0. The van der Waals surface area contributed by atoms with Crippen LogP contribution in [0.2, 0.25) is 0 Å². The van der Waals surface area contributed by atoms with Crippen molar-refractivity contribution < 1.29 is 28.1 Å². The highest BCUT2D eigenvalue weighted by Gasteiger charge is 2.30. The van der Waals surface area contributed by atoms with E-state index in [-0.39, 0.29) is 6.61 Å². The number of rotatable bonds is 6. The van der Waals surface area contributed by atoms with Crippen molar-refractivity contribution in [3.63, 3.8) is 0 Å². The lowest BCUT2D eigenvalue weighted by atomic mass is 10.0. The van der Waals surface area contributed by atoms with Crippen LogP contribution in [0.3, 0.4) is 0 Å². The molecule has 0 atom stereocenters.